The Balaban J connectivity index is 1.28. The molecule has 33 heavy (non-hydrogen) atoms. The largest absolute Gasteiger partial charge is 0.454 e. The summed E-state index contributed by atoms with van der Waals surface area (Å²) in [7, 11) is 0. The zero-order valence-electron chi connectivity index (χ0n) is 19.4. The molecule has 2 aliphatic rings. The second-order valence-corrected chi connectivity index (χ2v) is 9.33. The fourth-order valence-corrected chi connectivity index (χ4v) is 4.71. The van der Waals surface area contributed by atoms with Crippen LogP contribution in [-0.2, 0) is 13.1 Å². The van der Waals surface area contributed by atoms with Crippen LogP contribution in [0.5, 0.6) is 11.5 Å². The molecule has 0 saturated carbocycles. The predicted molar refractivity (Wildman–Crippen MR) is 125 cm³/mol. The van der Waals surface area contributed by atoms with Crippen LogP contribution in [0.4, 0.5) is 0 Å². The van der Waals surface area contributed by atoms with Gasteiger partial charge in [-0.05, 0) is 46.0 Å². The highest BCUT2D eigenvalue weighted by Gasteiger charge is 2.30. The van der Waals surface area contributed by atoms with Crippen molar-refractivity contribution < 1.29 is 9.47 Å². The molecule has 0 amide bonds. The third kappa shape index (κ3) is 5.17. The van der Waals surface area contributed by atoms with E-state index in [0.29, 0.717) is 12.5 Å². The van der Waals surface area contributed by atoms with Crippen molar-refractivity contribution >= 4 is 0 Å². The molecule has 3 aromatic rings. The monoisotopic (exact) mass is 448 g/mol. The van der Waals surface area contributed by atoms with Gasteiger partial charge in [-0.1, -0.05) is 50.2 Å². The van der Waals surface area contributed by atoms with Crippen LogP contribution in [0.3, 0.4) is 0 Å². The molecule has 1 saturated heterocycles. The number of ether oxygens (including phenoxy) is 2. The molecule has 1 fully saturated rings. The Kier molecular flexibility index (Phi) is 6.55. The topological polar surface area (TPSA) is 68.5 Å². The van der Waals surface area contributed by atoms with Crippen LogP contribution in [0.2, 0.25) is 0 Å². The maximum atomic E-state index is 5.54. The summed E-state index contributed by atoms with van der Waals surface area (Å²) in [6.07, 6.45) is 1.03. The fourth-order valence-electron chi connectivity index (χ4n) is 4.71. The Hall–Kier alpha value is -2.97. The molecule has 0 N–H and O–H groups in total. The Morgan fingerprint density at radius 3 is 2.45 bits per heavy atom. The Bertz CT molecular complexity index is 1050. The lowest BCUT2D eigenvalue weighted by Gasteiger charge is -2.39. The van der Waals surface area contributed by atoms with Gasteiger partial charge in [0.15, 0.2) is 17.3 Å². The average molecular weight is 449 g/mol. The first kappa shape index (κ1) is 21.9. The van der Waals surface area contributed by atoms with E-state index in [0.717, 1.165) is 62.0 Å². The molecule has 8 nitrogen and oxygen atoms in total. The van der Waals surface area contributed by atoms with Crippen LogP contribution in [0, 0.1) is 5.92 Å². The number of piperazine rings is 1. The van der Waals surface area contributed by atoms with Crippen molar-refractivity contribution in [2.45, 2.75) is 39.4 Å². The van der Waals surface area contributed by atoms with E-state index in [1.54, 1.807) is 0 Å². The van der Waals surface area contributed by atoms with Crippen LogP contribution in [0.1, 0.15) is 43.3 Å². The molecule has 0 aliphatic carbocycles. The van der Waals surface area contributed by atoms with Crippen LogP contribution in [0.15, 0.2) is 48.5 Å². The van der Waals surface area contributed by atoms with Gasteiger partial charge in [0.2, 0.25) is 6.79 Å². The van der Waals surface area contributed by atoms with Gasteiger partial charge in [-0.2, -0.15) is 0 Å². The van der Waals surface area contributed by atoms with Crippen molar-refractivity contribution in [3.63, 3.8) is 0 Å². The molecular formula is C25H32N6O2. The third-order valence-electron chi connectivity index (χ3n) is 6.42. The minimum Gasteiger partial charge on any atom is -0.454 e. The lowest BCUT2D eigenvalue weighted by Crippen LogP contribution is -2.48. The highest BCUT2D eigenvalue weighted by atomic mass is 16.7. The van der Waals surface area contributed by atoms with E-state index in [2.05, 4.69) is 75.6 Å². The van der Waals surface area contributed by atoms with Gasteiger partial charge in [0.1, 0.15) is 0 Å². The van der Waals surface area contributed by atoms with Crippen molar-refractivity contribution in [2.75, 3.05) is 33.0 Å². The summed E-state index contributed by atoms with van der Waals surface area (Å²) in [4.78, 5) is 5.09. The van der Waals surface area contributed by atoms with Crippen molar-refractivity contribution in [2.24, 2.45) is 5.92 Å². The van der Waals surface area contributed by atoms with Gasteiger partial charge in [-0.3, -0.25) is 9.80 Å². The molecular weight excluding hydrogens is 416 g/mol. The minimum absolute atomic E-state index is 0.202. The first-order valence-electron chi connectivity index (χ1n) is 11.8. The van der Waals surface area contributed by atoms with Gasteiger partial charge in [0, 0.05) is 32.7 Å². The molecule has 0 unspecified atom stereocenters. The SMILES string of the molecule is CC(C)C[C@H](c1nnnn1Cc1ccc2c(c1)OCO2)N1CCN(Cc2ccccc2)CC1. The molecule has 2 aromatic carbocycles. The molecule has 5 rings (SSSR count). The zero-order chi connectivity index (χ0) is 22.6. The van der Waals surface area contributed by atoms with Crippen LogP contribution in [0.25, 0.3) is 0 Å². The van der Waals surface area contributed by atoms with Gasteiger partial charge in [-0.25, -0.2) is 4.68 Å². The van der Waals surface area contributed by atoms with Gasteiger partial charge < -0.3 is 9.47 Å². The fraction of sp³-hybridized carbons (Fsp3) is 0.480. The van der Waals surface area contributed by atoms with Gasteiger partial charge >= 0.3 is 0 Å². The van der Waals surface area contributed by atoms with E-state index in [1.807, 2.05) is 16.8 Å². The van der Waals surface area contributed by atoms with Crippen LogP contribution in [-0.4, -0.2) is 63.0 Å². The quantitative estimate of drug-likeness (QED) is 0.523. The summed E-state index contributed by atoms with van der Waals surface area (Å²) in [5.74, 6) is 3.07. The number of hydrogen-bond acceptors (Lipinski definition) is 7. The lowest BCUT2D eigenvalue weighted by atomic mass is 10.0. The number of benzene rings is 2. The number of fused-ring (bicyclic) bond motifs is 1. The van der Waals surface area contributed by atoms with E-state index in [-0.39, 0.29) is 12.8 Å². The Morgan fingerprint density at radius 1 is 0.879 bits per heavy atom. The smallest absolute Gasteiger partial charge is 0.231 e. The molecule has 2 aliphatic heterocycles. The number of nitrogens with zero attached hydrogens (tertiary/aromatic N) is 6. The summed E-state index contributed by atoms with van der Waals surface area (Å²) in [6, 6.07) is 17.0. The number of rotatable bonds is 8. The van der Waals surface area contributed by atoms with Crippen LogP contribution < -0.4 is 9.47 Å². The zero-order valence-corrected chi connectivity index (χ0v) is 19.4. The summed E-state index contributed by atoms with van der Waals surface area (Å²) in [5.41, 5.74) is 2.47. The Labute approximate surface area is 195 Å². The van der Waals surface area contributed by atoms with E-state index in [9.17, 15) is 0 Å². The number of hydrogen-bond donors (Lipinski definition) is 0. The summed E-state index contributed by atoms with van der Waals surface area (Å²) >= 11 is 0. The van der Waals surface area contributed by atoms with Crippen molar-refractivity contribution in [3.8, 4) is 11.5 Å². The minimum atomic E-state index is 0.202. The number of aromatic nitrogens is 4. The third-order valence-corrected chi connectivity index (χ3v) is 6.42. The summed E-state index contributed by atoms with van der Waals surface area (Å²) in [5, 5.41) is 12.9. The molecule has 3 heterocycles. The highest BCUT2D eigenvalue weighted by Crippen LogP contribution is 2.33. The maximum Gasteiger partial charge on any atom is 0.231 e. The first-order chi connectivity index (χ1) is 16.2. The molecule has 8 heteroatoms. The second-order valence-electron chi connectivity index (χ2n) is 9.33. The summed E-state index contributed by atoms with van der Waals surface area (Å²) < 4.78 is 12.9. The molecule has 0 bridgehead atoms. The second kappa shape index (κ2) is 9.89. The lowest BCUT2D eigenvalue weighted by molar-refractivity contribution is 0.0770. The molecule has 0 spiro atoms. The first-order valence-corrected chi connectivity index (χ1v) is 11.8. The Morgan fingerprint density at radius 2 is 1.67 bits per heavy atom. The van der Waals surface area contributed by atoms with E-state index in [1.165, 1.54) is 5.56 Å². The molecule has 0 radical (unpaired) electrons. The average Bonchev–Trinajstić information content (AvgIpc) is 3.48. The molecule has 174 valence electrons. The standard InChI is InChI=1S/C25H32N6O2/c1-19(2)14-22(30-12-10-29(11-13-30)16-20-6-4-3-5-7-20)25-26-27-28-31(25)17-21-8-9-23-24(15-21)33-18-32-23/h3-9,15,19,22H,10-14,16-18H2,1-2H3/t22-/m1/s1. The number of tetrazole rings is 1. The van der Waals surface area contributed by atoms with Gasteiger partial charge in [0.25, 0.3) is 0 Å². The van der Waals surface area contributed by atoms with Crippen molar-refractivity contribution in [1.82, 2.24) is 30.0 Å². The molecule has 1 aromatic heterocycles. The predicted octanol–water partition coefficient (Wildman–Crippen LogP) is 3.36. The summed E-state index contributed by atoms with van der Waals surface area (Å²) in [6.45, 7) is 10.6. The normalized spacial score (nSPS) is 17.5. The van der Waals surface area contributed by atoms with Crippen molar-refractivity contribution in [1.29, 1.82) is 0 Å². The van der Waals surface area contributed by atoms with Gasteiger partial charge in [-0.15, -0.1) is 5.10 Å². The van der Waals surface area contributed by atoms with E-state index < -0.39 is 0 Å². The van der Waals surface area contributed by atoms with E-state index >= 15 is 0 Å². The molecule has 1 atom stereocenters. The van der Waals surface area contributed by atoms with Crippen molar-refractivity contribution in [3.05, 3.63) is 65.5 Å². The van der Waals surface area contributed by atoms with Gasteiger partial charge in [0.05, 0.1) is 12.6 Å². The maximum absolute atomic E-state index is 5.54. The highest BCUT2D eigenvalue weighted by molar-refractivity contribution is 5.44. The van der Waals surface area contributed by atoms with Crippen LogP contribution >= 0.6 is 0 Å². The van der Waals surface area contributed by atoms with E-state index in [4.69, 9.17) is 9.47 Å².